The molecule has 0 radical (unpaired) electrons. The standard InChI is InChI=1S/C13H24N4O/c1-5-14-10(3)12-15-16-13(18-12)17-8-6-7-9(2)11(17)4/h9-11,14H,5-8H2,1-4H3. The first-order valence-electron chi connectivity index (χ1n) is 6.97. The fraction of sp³-hybridized carbons (Fsp3) is 0.846. The SMILES string of the molecule is CCNC(C)c1nnc(N2CCCC(C)C2C)o1. The zero-order valence-corrected chi connectivity index (χ0v) is 11.8. The van der Waals surface area contributed by atoms with Gasteiger partial charge in [0.15, 0.2) is 0 Å². The van der Waals surface area contributed by atoms with E-state index < -0.39 is 0 Å². The minimum absolute atomic E-state index is 0.119. The Hall–Kier alpha value is -1.10. The van der Waals surface area contributed by atoms with Gasteiger partial charge in [0.05, 0.1) is 6.04 Å². The summed E-state index contributed by atoms with van der Waals surface area (Å²) in [5.74, 6) is 1.36. The Balaban J connectivity index is 2.09. The third-order valence-electron chi connectivity index (χ3n) is 3.93. The van der Waals surface area contributed by atoms with Gasteiger partial charge in [-0.25, -0.2) is 0 Å². The molecule has 1 aromatic rings. The summed E-state index contributed by atoms with van der Waals surface area (Å²) >= 11 is 0. The molecule has 5 heteroatoms. The fourth-order valence-corrected chi connectivity index (χ4v) is 2.52. The van der Waals surface area contributed by atoms with E-state index >= 15 is 0 Å². The van der Waals surface area contributed by atoms with E-state index in [4.69, 9.17) is 4.42 Å². The molecule has 0 aliphatic carbocycles. The Labute approximate surface area is 109 Å². The van der Waals surface area contributed by atoms with Crippen molar-refractivity contribution in [1.29, 1.82) is 0 Å². The third-order valence-corrected chi connectivity index (χ3v) is 3.93. The molecule has 1 N–H and O–H groups in total. The van der Waals surface area contributed by atoms with Gasteiger partial charge in [-0.15, -0.1) is 5.10 Å². The van der Waals surface area contributed by atoms with E-state index in [1.807, 2.05) is 6.92 Å². The minimum Gasteiger partial charge on any atom is -0.406 e. The van der Waals surface area contributed by atoms with E-state index in [1.165, 1.54) is 12.8 Å². The summed E-state index contributed by atoms with van der Waals surface area (Å²) in [6.07, 6.45) is 2.48. The van der Waals surface area contributed by atoms with E-state index in [0.29, 0.717) is 23.9 Å². The van der Waals surface area contributed by atoms with Gasteiger partial charge >= 0.3 is 6.01 Å². The summed E-state index contributed by atoms with van der Waals surface area (Å²) in [4.78, 5) is 2.24. The summed E-state index contributed by atoms with van der Waals surface area (Å²) in [6.45, 7) is 10.6. The molecule has 2 heterocycles. The monoisotopic (exact) mass is 252 g/mol. The maximum absolute atomic E-state index is 5.80. The Morgan fingerprint density at radius 3 is 2.94 bits per heavy atom. The van der Waals surface area contributed by atoms with Crippen LogP contribution in [0.15, 0.2) is 4.42 Å². The van der Waals surface area contributed by atoms with Crippen LogP contribution in [0.4, 0.5) is 6.01 Å². The van der Waals surface area contributed by atoms with Crippen LogP contribution in [0.3, 0.4) is 0 Å². The van der Waals surface area contributed by atoms with Crippen molar-refractivity contribution in [1.82, 2.24) is 15.5 Å². The van der Waals surface area contributed by atoms with E-state index in [-0.39, 0.29) is 6.04 Å². The zero-order valence-electron chi connectivity index (χ0n) is 11.8. The van der Waals surface area contributed by atoms with Gasteiger partial charge in [0.25, 0.3) is 0 Å². The normalized spacial score (nSPS) is 26.3. The quantitative estimate of drug-likeness (QED) is 0.891. The number of nitrogens with zero attached hydrogens (tertiary/aromatic N) is 3. The Bertz CT molecular complexity index is 379. The molecule has 18 heavy (non-hydrogen) atoms. The molecule has 1 saturated heterocycles. The summed E-state index contributed by atoms with van der Waals surface area (Å²) in [6, 6.07) is 1.27. The van der Waals surface area contributed by atoms with Crippen molar-refractivity contribution >= 4 is 6.01 Å². The molecule has 0 aromatic carbocycles. The Kier molecular flexibility index (Phi) is 4.22. The van der Waals surface area contributed by atoms with Gasteiger partial charge in [-0.3, -0.25) is 0 Å². The van der Waals surface area contributed by atoms with Crippen molar-refractivity contribution in [3.8, 4) is 0 Å². The van der Waals surface area contributed by atoms with Crippen LogP contribution in [0.5, 0.6) is 0 Å². The summed E-state index contributed by atoms with van der Waals surface area (Å²) < 4.78 is 5.80. The van der Waals surface area contributed by atoms with E-state index in [2.05, 4.69) is 41.2 Å². The average molecular weight is 252 g/mol. The van der Waals surface area contributed by atoms with Crippen molar-refractivity contribution in [2.24, 2.45) is 5.92 Å². The molecular weight excluding hydrogens is 228 g/mol. The van der Waals surface area contributed by atoms with Crippen LogP contribution in [0.1, 0.15) is 52.5 Å². The second kappa shape index (κ2) is 5.69. The number of anilines is 1. The number of rotatable bonds is 4. The lowest BCUT2D eigenvalue weighted by Crippen LogP contribution is -2.42. The largest absolute Gasteiger partial charge is 0.406 e. The van der Waals surface area contributed by atoms with Crippen LogP contribution in [0, 0.1) is 5.92 Å². The van der Waals surface area contributed by atoms with Gasteiger partial charge in [-0.05, 0) is 39.2 Å². The molecule has 102 valence electrons. The first-order valence-corrected chi connectivity index (χ1v) is 6.97. The van der Waals surface area contributed by atoms with Crippen LogP contribution in [0.2, 0.25) is 0 Å². The number of hydrogen-bond donors (Lipinski definition) is 1. The third kappa shape index (κ3) is 2.66. The van der Waals surface area contributed by atoms with Crippen LogP contribution in [-0.4, -0.2) is 29.3 Å². The molecule has 1 aliphatic heterocycles. The first kappa shape index (κ1) is 13.3. The molecule has 0 spiro atoms. The van der Waals surface area contributed by atoms with E-state index in [9.17, 15) is 0 Å². The molecule has 1 aromatic heterocycles. The molecule has 0 amide bonds. The Morgan fingerprint density at radius 1 is 1.44 bits per heavy atom. The predicted octanol–water partition coefficient (Wildman–Crippen LogP) is 2.36. The molecule has 1 aliphatic rings. The van der Waals surface area contributed by atoms with Crippen molar-refractivity contribution in [2.75, 3.05) is 18.0 Å². The fourth-order valence-electron chi connectivity index (χ4n) is 2.52. The smallest absolute Gasteiger partial charge is 0.318 e. The predicted molar refractivity (Wildman–Crippen MR) is 71.6 cm³/mol. The van der Waals surface area contributed by atoms with Gasteiger partial charge in [0.1, 0.15) is 0 Å². The lowest BCUT2D eigenvalue weighted by Gasteiger charge is -2.36. The average Bonchev–Trinajstić information content (AvgIpc) is 2.82. The lowest BCUT2D eigenvalue weighted by molar-refractivity contribution is 0.334. The van der Waals surface area contributed by atoms with E-state index in [1.54, 1.807) is 0 Å². The molecule has 0 bridgehead atoms. The van der Waals surface area contributed by atoms with Gasteiger partial charge in [0, 0.05) is 12.6 Å². The molecule has 1 fully saturated rings. The number of piperidine rings is 1. The van der Waals surface area contributed by atoms with Crippen LogP contribution in [0.25, 0.3) is 0 Å². The zero-order chi connectivity index (χ0) is 13.1. The second-order valence-corrected chi connectivity index (χ2v) is 5.26. The minimum atomic E-state index is 0.119. The first-order chi connectivity index (χ1) is 8.63. The molecule has 3 unspecified atom stereocenters. The number of nitrogens with one attached hydrogen (secondary N) is 1. The maximum atomic E-state index is 5.80. The van der Waals surface area contributed by atoms with E-state index in [0.717, 1.165) is 13.1 Å². The summed E-state index contributed by atoms with van der Waals surface area (Å²) in [5, 5.41) is 11.6. The molecule has 3 atom stereocenters. The highest BCUT2D eigenvalue weighted by atomic mass is 16.4. The topological polar surface area (TPSA) is 54.2 Å². The molecule has 2 rings (SSSR count). The van der Waals surface area contributed by atoms with Gasteiger partial charge in [-0.1, -0.05) is 18.9 Å². The lowest BCUT2D eigenvalue weighted by atomic mass is 9.92. The molecular formula is C13H24N4O. The van der Waals surface area contributed by atoms with Crippen molar-refractivity contribution < 1.29 is 4.42 Å². The van der Waals surface area contributed by atoms with Crippen LogP contribution < -0.4 is 10.2 Å². The van der Waals surface area contributed by atoms with Crippen LogP contribution >= 0.6 is 0 Å². The number of aromatic nitrogens is 2. The van der Waals surface area contributed by atoms with Crippen molar-refractivity contribution in [3.63, 3.8) is 0 Å². The second-order valence-electron chi connectivity index (χ2n) is 5.26. The highest BCUT2D eigenvalue weighted by molar-refractivity contribution is 5.27. The highest BCUT2D eigenvalue weighted by Crippen LogP contribution is 2.28. The summed E-state index contributed by atoms with van der Waals surface area (Å²) in [7, 11) is 0. The Morgan fingerprint density at radius 2 is 2.22 bits per heavy atom. The molecule has 0 saturated carbocycles. The summed E-state index contributed by atoms with van der Waals surface area (Å²) in [5.41, 5.74) is 0. The van der Waals surface area contributed by atoms with Gasteiger partial charge < -0.3 is 14.6 Å². The van der Waals surface area contributed by atoms with Crippen molar-refractivity contribution in [2.45, 2.75) is 52.6 Å². The maximum Gasteiger partial charge on any atom is 0.318 e. The number of hydrogen-bond acceptors (Lipinski definition) is 5. The van der Waals surface area contributed by atoms with Crippen LogP contribution in [-0.2, 0) is 0 Å². The van der Waals surface area contributed by atoms with Crippen molar-refractivity contribution in [3.05, 3.63) is 5.89 Å². The molecule has 5 nitrogen and oxygen atoms in total. The highest BCUT2D eigenvalue weighted by Gasteiger charge is 2.28. The van der Waals surface area contributed by atoms with Gasteiger partial charge in [-0.2, -0.15) is 0 Å². The van der Waals surface area contributed by atoms with Gasteiger partial charge in [0.2, 0.25) is 5.89 Å².